The van der Waals surface area contributed by atoms with Gasteiger partial charge < -0.3 is 0 Å². The topological polar surface area (TPSA) is 89.6 Å². The number of ketones is 1. The van der Waals surface area contributed by atoms with E-state index in [4.69, 9.17) is 5.14 Å². The second kappa shape index (κ2) is 6.27. The van der Waals surface area contributed by atoms with E-state index in [0.717, 1.165) is 11.6 Å². The Morgan fingerprint density at radius 2 is 1.85 bits per heavy atom. The number of hydrogen-bond acceptors (Lipinski definition) is 4. The third kappa shape index (κ3) is 3.84. The molecule has 3 rings (SSSR count). The van der Waals surface area contributed by atoms with Gasteiger partial charge in [-0.1, -0.05) is 26.0 Å². The number of alkyl halides is 3. The average molecular weight is 400 g/mol. The van der Waals surface area contributed by atoms with E-state index in [1.54, 1.807) is 12.1 Å². The molecule has 0 amide bonds. The summed E-state index contributed by atoms with van der Waals surface area (Å²) in [5.41, 5.74) is -0.139. The monoisotopic (exact) mass is 400 g/mol. The van der Waals surface area contributed by atoms with Crippen molar-refractivity contribution < 1.29 is 26.4 Å². The SMILES string of the molecule is CC1(C)[C@H](C(=O)CC2=CC(C(F)(F)F)=NC2)[C@H]1c1ccc(S(N)(=O)=O)cc1. The van der Waals surface area contributed by atoms with Gasteiger partial charge in [0.05, 0.1) is 11.4 Å². The van der Waals surface area contributed by atoms with Crippen molar-refractivity contribution in [1.29, 1.82) is 0 Å². The van der Waals surface area contributed by atoms with Crippen molar-refractivity contribution in [3.05, 3.63) is 41.5 Å². The summed E-state index contributed by atoms with van der Waals surface area (Å²) in [5.74, 6) is -0.594. The lowest BCUT2D eigenvalue weighted by atomic mass is 10.0. The van der Waals surface area contributed by atoms with E-state index < -0.39 is 21.9 Å². The molecular formula is C18H19F3N2O3S. The van der Waals surface area contributed by atoms with Gasteiger partial charge in [-0.15, -0.1) is 0 Å². The molecule has 2 N–H and O–H groups in total. The molecule has 2 atom stereocenters. The number of allylic oxidation sites excluding steroid dienone is 1. The highest BCUT2D eigenvalue weighted by atomic mass is 32.2. The fourth-order valence-electron chi connectivity index (χ4n) is 3.81. The summed E-state index contributed by atoms with van der Waals surface area (Å²) in [7, 11) is -3.80. The van der Waals surface area contributed by atoms with Crippen LogP contribution in [0, 0.1) is 11.3 Å². The van der Waals surface area contributed by atoms with Crippen molar-refractivity contribution >= 4 is 21.5 Å². The molecule has 1 aliphatic heterocycles. The zero-order valence-electron chi connectivity index (χ0n) is 14.7. The van der Waals surface area contributed by atoms with Gasteiger partial charge in [0.1, 0.15) is 11.5 Å². The average Bonchev–Trinajstić information content (AvgIpc) is 2.88. The Morgan fingerprint density at radius 3 is 2.33 bits per heavy atom. The Morgan fingerprint density at radius 1 is 1.26 bits per heavy atom. The van der Waals surface area contributed by atoms with Crippen molar-refractivity contribution in [2.75, 3.05) is 6.54 Å². The standard InChI is InChI=1S/C18H19F3N2O3S/c1-17(2)15(11-3-5-12(6-4-11)27(22,25)26)16(17)13(24)7-10-8-14(23-9-10)18(19,20)21/h3-6,8,15-16H,7,9H2,1-2H3,(H2,22,25,26)/t15-,16-/m1/s1. The van der Waals surface area contributed by atoms with Crippen LogP contribution in [0.4, 0.5) is 13.2 Å². The van der Waals surface area contributed by atoms with Crippen molar-refractivity contribution in [2.24, 2.45) is 21.5 Å². The zero-order valence-corrected chi connectivity index (χ0v) is 15.6. The molecule has 0 radical (unpaired) electrons. The summed E-state index contributed by atoms with van der Waals surface area (Å²) in [6, 6.07) is 6.03. The number of nitrogens with two attached hydrogens (primary N) is 1. The molecule has 0 saturated heterocycles. The minimum absolute atomic E-state index is 0.0134. The summed E-state index contributed by atoms with van der Waals surface area (Å²) in [5, 5.41) is 5.08. The minimum atomic E-state index is -4.50. The lowest BCUT2D eigenvalue weighted by Gasteiger charge is -2.04. The summed E-state index contributed by atoms with van der Waals surface area (Å²) in [6.07, 6.45) is -3.62. The predicted octanol–water partition coefficient (Wildman–Crippen LogP) is 2.98. The van der Waals surface area contributed by atoms with Gasteiger partial charge >= 0.3 is 6.18 Å². The van der Waals surface area contributed by atoms with Crippen LogP contribution < -0.4 is 5.14 Å². The van der Waals surface area contributed by atoms with Crippen LogP contribution in [0.1, 0.15) is 31.7 Å². The van der Waals surface area contributed by atoms with Gasteiger partial charge in [0, 0.05) is 12.3 Å². The van der Waals surface area contributed by atoms with Crippen molar-refractivity contribution in [1.82, 2.24) is 0 Å². The first-order valence-corrected chi connectivity index (χ1v) is 9.83. The molecule has 1 saturated carbocycles. The maximum Gasteiger partial charge on any atom is 0.432 e. The van der Waals surface area contributed by atoms with Gasteiger partial charge in [0.2, 0.25) is 10.0 Å². The van der Waals surface area contributed by atoms with Gasteiger partial charge in [-0.3, -0.25) is 9.79 Å². The van der Waals surface area contributed by atoms with Crippen molar-refractivity contribution in [3.8, 4) is 0 Å². The summed E-state index contributed by atoms with van der Waals surface area (Å²) >= 11 is 0. The first-order chi connectivity index (χ1) is 12.3. The number of nitrogens with zero attached hydrogens (tertiary/aromatic N) is 1. The molecule has 0 unspecified atom stereocenters. The Hall–Kier alpha value is -2.00. The van der Waals surface area contributed by atoms with Crippen LogP contribution in [0.15, 0.2) is 45.8 Å². The number of halogens is 3. The molecule has 0 aromatic heterocycles. The molecule has 2 aliphatic rings. The molecule has 1 aliphatic carbocycles. The lowest BCUT2D eigenvalue weighted by Crippen LogP contribution is -2.19. The van der Waals surface area contributed by atoms with Gasteiger partial charge in [-0.2, -0.15) is 13.2 Å². The molecule has 1 aromatic rings. The highest BCUT2D eigenvalue weighted by molar-refractivity contribution is 7.89. The Labute approximate surface area is 155 Å². The van der Waals surface area contributed by atoms with Crippen LogP contribution >= 0.6 is 0 Å². The van der Waals surface area contributed by atoms with Crippen LogP contribution in [0.25, 0.3) is 0 Å². The van der Waals surface area contributed by atoms with Gasteiger partial charge in [0.15, 0.2) is 0 Å². The molecule has 5 nitrogen and oxygen atoms in total. The number of carbonyl (C=O) groups excluding carboxylic acids is 1. The second-order valence-electron chi connectivity index (χ2n) is 7.54. The molecular weight excluding hydrogens is 381 g/mol. The maximum atomic E-state index is 12.7. The highest BCUT2D eigenvalue weighted by Gasteiger charge is 2.61. The normalized spacial score (nSPS) is 24.4. The van der Waals surface area contributed by atoms with Crippen LogP contribution in [-0.2, 0) is 14.8 Å². The Bertz CT molecular complexity index is 945. The van der Waals surface area contributed by atoms with E-state index in [1.807, 2.05) is 13.8 Å². The molecule has 1 heterocycles. The molecule has 0 bridgehead atoms. The highest BCUT2D eigenvalue weighted by Crippen LogP contribution is 2.65. The third-order valence-corrected chi connectivity index (χ3v) is 6.16. The van der Waals surface area contributed by atoms with E-state index >= 15 is 0 Å². The fraction of sp³-hybridized carbons (Fsp3) is 0.444. The molecule has 9 heteroatoms. The van der Waals surface area contributed by atoms with E-state index in [0.29, 0.717) is 5.57 Å². The van der Waals surface area contributed by atoms with Crippen molar-refractivity contribution in [3.63, 3.8) is 0 Å². The lowest BCUT2D eigenvalue weighted by molar-refractivity contribution is -0.120. The van der Waals surface area contributed by atoms with Gasteiger partial charge in [-0.05, 0) is 40.7 Å². The van der Waals surface area contributed by atoms with Crippen LogP contribution in [-0.4, -0.2) is 32.6 Å². The number of benzene rings is 1. The molecule has 0 spiro atoms. The largest absolute Gasteiger partial charge is 0.432 e. The Balaban J connectivity index is 1.72. The molecule has 1 fully saturated rings. The quantitative estimate of drug-likeness (QED) is 0.824. The smallest absolute Gasteiger partial charge is 0.299 e. The van der Waals surface area contributed by atoms with Crippen LogP contribution in [0.2, 0.25) is 0 Å². The van der Waals surface area contributed by atoms with Gasteiger partial charge in [-0.25, -0.2) is 13.6 Å². The van der Waals surface area contributed by atoms with Crippen molar-refractivity contribution in [2.45, 2.75) is 37.3 Å². The molecule has 1 aromatic carbocycles. The summed E-state index contributed by atoms with van der Waals surface area (Å²) < 4.78 is 60.7. The first kappa shape index (κ1) is 19.8. The second-order valence-corrected chi connectivity index (χ2v) is 9.10. The van der Waals surface area contributed by atoms with Crippen LogP contribution in [0.5, 0.6) is 0 Å². The number of primary sulfonamides is 1. The number of aliphatic imine (C=N–C) groups is 1. The fourth-order valence-corrected chi connectivity index (χ4v) is 4.32. The Kier molecular flexibility index (Phi) is 4.59. The van der Waals surface area contributed by atoms with E-state index in [9.17, 15) is 26.4 Å². The van der Waals surface area contributed by atoms with Crippen LogP contribution in [0.3, 0.4) is 0 Å². The zero-order chi connectivity index (χ0) is 20.2. The maximum absolute atomic E-state index is 12.7. The molecule has 27 heavy (non-hydrogen) atoms. The van der Waals surface area contributed by atoms with E-state index in [-0.39, 0.29) is 40.9 Å². The predicted molar refractivity (Wildman–Crippen MR) is 93.9 cm³/mol. The third-order valence-electron chi connectivity index (χ3n) is 5.23. The first-order valence-electron chi connectivity index (χ1n) is 8.28. The number of sulfonamides is 1. The number of hydrogen-bond donors (Lipinski definition) is 1. The minimum Gasteiger partial charge on any atom is -0.299 e. The summed E-state index contributed by atoms with van der Waals surface area (Å²) in [4.78, 5) is 16.1. The van der Waals surface area contributed by atoms with E-state index in [2.05, 4.69) is 4.99 Å². The number of carbonyl (C=O) groups is 1. The summed E-state index contributed by atoms with van der Waals surface area (Å²) in [6.45, 7) is 3.71. The molecule has 146 valence electrons. The number of Topliss-reactive ketones (excluding diaryl/α,β-unsaturated/α-hetero) is 1. The number of rotatable bonds is 5. The van der Waals surface area contributed by atoms with E-state index in [1.165, 1.54) is 12.1 Å². The van der Waals surface area contributed by atoms with Gasteiger partial charge in [0.25, 0.3) is 0 Å².